The summed E-state index contributed by atoms with van der Waals surface area (Å²) in [4.78, 5) is 30.3. The highest BCUT2D eigenvalue weighted by atomic mass is 16.5. The first-order chi connectivity index (χ1) is 26.5. The maximum absolute atomic E-state index is 13.1. The molecule has 0 bridgehead atoms. The molecule has 1 aliphatic rings. The number of unbranched alkanes of at least 4 members (excludes halogenated alkanes) is 1. The van der Waals surface area contributed by atoms with E-state index in [1.807, 2.05) is 91.0 Å². The Hall–Kier alpha value is -6.55. The maximum atomic E-state index is 13.1. The largest absolute Gasteiger partial charge is 0.464 e. The van der Waals surface area contributed by atoms with Gasteiger partial charge < -0.3 is 14.0 Å². The van der Waals surface area contributed by atoms with Gasteiger partial charge in [-0.25, -0.2) is 14.6 Å². The van der Waals surface area contributed by atoms with E-state index in [0.717, 1.165) is 51.8 Å². The zero-order valence-corrected chi connectivity index (χ0v) is 30.4. The van der Waals surface area contributed by atoms with Crippen LogP contribution in [0.25, 0.3) is 11.1 Å². The molecule has 0 atom stereocenters. The molecule has 0 saturated carbocycles. The third-order valence-corrected chi connectivity index (χ3v) is 10.0. The lowest BCUT2D eigenvalue weighted by atomic mass is 9.59. The molecule has 0 aliphatic carbocycles. The van der Waals surface area contributed by atoms with Crippen LogP contribution in [0, 0.1) is 0 Å². The third-order valence-electron chi connectivity index (χ3n) is 10.0. The van der Waals surface area contributed by atoms with Crippen LogP contribution in [0.1, 0.15) is 74.4 Å². The summed E-state index contributed by atoms with van der Waals surface area (Å²) in [5.74, 6) is -0.725. The Morgan fingerprint density at radius 1 is 0.667 bits per heavy atom. The van der Waals surface area contributed by atoms with Crippen molar-refractivity contribution in [2.75, 3.05) is 14.2 Å². The molecule has 10 heteroatoms. The van der Waals surface area contributed by atoms with Gasteiger partial charge in [-0.15, -0.1) is 10.2 Å². The van der Waals surface area contributed by atoms with E-state index in [2.05, 4.69) is 70.9 Å². The normalized spacial score (nSPS) is 13.2. The summed E-state index contributed by atoms with van der Waals surface area (Å²) in [6.45, 7) is 2.37. The van der Waals surface area contributed by atoms with Crippen LogP contribution in [-0.2, 0) is 33.5 Å². The number of aryl methyl sites for hydroxylation is 1. The molecule has 270 valence electrons. The SMILES string of the molecule is CCCCc1nc(C(=O)OC)c(C(=O)OC)n1Cc1ccc(-c2ccccc2C2(C(c3ccccc3)(c3ccccc3)c3ccccc3)N=NN=N2)cc1. The predicted octanol–water partition coefficient (Wildman–Crippen LogP) is 9.53. The molecule has 0 radical (unpaired) electrons. The maximum Gasteiger partial charge on any atom is 0.359 e. The van der Waals surface area contributed by atoms with Crippen molar-refractivity contribution in [3.8, 4) is 11.1 Å². The number of nitrogens with zero attached hydrogens (tertiary/aromatic N) is 6. The number of hydrogen-bond donors (Lipinski definition) is 0. The molecule has 1 aromatic heterocycles. The third kappa shape index (κ3) is 6.19. The summed E-state index contributed by atoms with van der Waals surface area (Å²) in [5.41, 5.74) is 4.22. The van der Waals surface area contributed by atoms with Crippen LogP contribution >= 0.6 is 0 Å². The summed E-state index contributed by atoms with van der Waals surface area (Å²) in [6.07, 6.45) is 2.34. The average Bonchev–Trinajstić information content (AvgIpc) is 3.87. The summed E-state index contributed by atoms with van der Waals surface area (Å²) in [6, 6.07) is 47.1. The number of carbonyl (C=O) groups is 2. The molecular weight excluding hydrogens is 677 g/mol. The zero-order valence-electron chi connectivity index (χ0n) is 30.4. The second-order valence-electron chi connectivity index (χ2n) is 13.0. The van der Waals surface area contributed by atoms with E-state index >= 15 is 0 Å². The van der Waals surface area contributed by atoms with Crippen molar-refractivity contribution in [3.05, 3.63) is 185 Å². The quantitative estimate of drug-likeness (QED) is 0.0871. The van der Waals surface area contributed by atoms with E-state index in [1.165, 1.54) is 14.2 Å². The van der Waals surface area contributed by atoms with E-state index in [-0.39, 0.29) is 11.4 Å². The highest BCUT2D eigenvalue weighted by Crippen LogP contribution is 2.58. The van der Waals surface area contributed by atoms with Crippen LogP contribution in [0.3, 0.4) is 0 Å². The number of carbonyl (C=O) groups excluding carboxylic acids is 2. The van der Waals surface area contributed by atoms with Crippen molar-refractivity contribution in [1.29, 1.82) is 0 Å². The number of benzene rings is 5. The van der Waals surface area contributed by atoms with Crippen molar-refractivity contribution in [2.24, 2.45) is 20.7 Å². The van der Waals surface area contributed by atoms with E-state index in [4.69, 9.17) is 19.7 Å². The van der Waals surface area contributed by atoms with Crippen molar-refractivity contribution >= 4 is 11.9 Å². The van der Waals surface area contributed by atoms with Crippen LogP contribution in [0.2, 0.25) is 0 Å². The molecule has 7 rings (SSSR count). The first-order valence-corrected chi connectivity index (χ1v) is 17.9. The van der Waals surface area contributed by atoms with Gasteiger partial charge in [0, 0.05) is 18.5 Å². The molecule has 54 heavy (non-hydrogen) atoms. The van der Waals surface area contributed by atoms with Gasteiger partial charge in [0.15, 0.2) is 11.4 Å². The van der Waals surface area contributed by atoms with E-state index in [0.29, 0.717) is 18.8 Å². The predicted molar refractivity (Wildman–Crippen MR) is 205 cm³/mol. The van der Waals surface area contributed by atoms with Gasteiger partial charge >= 0.3 is 11.9 Å². The smallest absolute Gasteiger partial charge is 0.359 e. The zero-order chi connectivity index (χ0) is 37.5. The molecule has 0 amide bonds. The molecule has 1 aliphatic heterocycles. The van der Waals surface area contributed by atoms with Crippen LogP contribution in [0.5, 0.6) is 0 Å². The Morgan fingerprint density at radius 2 is 1.19 bits per heavy atom. The standard InChI is InChI=1S/C44H40N6O4/c1-4-5-25-38-45-39(41(51)53-2)40(42(52)54-3)50(38)30-31-26-28-32(29-27-31)36-23-15-16-24-37(36)44(46-48-49-47-44)43(33-17-9-6-10-18-33,34-19-11-7-12-20-34)35-21-13-8-14-22-35/h6-24,26-29H,4-5,25,30H2,1-3H3. The molecule has 0 unspecified atom stereocenters. The van der Waals surface area contributed by atoms with Gasteiger partial charge in [-0.2, -0.15) is 0 Å². The summed E-state index contributed by atoms with van der Waals surface area (Å²) in [5, 5.41) is 18.5. The monoisotopic (exact) mass is 716 g/mol. The lowest BCUT2D eigenvalue weighted by Crippen LogP contribution is -2.48. The fourth-order valence-electron chi connectivity index (χ4n) is 7.57. The Kier molecular flexibility index (Phi) is 10.3. The van der Waals surface area contributed by atoms with Crippen molar-refractivity contribution in [1.82, 2.24) is 9.55 Å². The number of ether oxygens (including phenoxy) is 2. The lowest BCUT2D eigenvalue weighted by Gasteiger charge is -2.45. The molecule has 5 aromatic carbocycles. The van der Waals surface area contributed by atoms with Crippen molar-refractivity contribution in [2.45, 2.75) is 43.8 Å². The first kappa shape index (κ1) is 35.8. The second-order valence-corrected chi connectivity index (χ2v) is 13.0. The van der Waals surface area contributed by atoms with Gasteiger partial charge in [0.2, 0.25) is 5.66 Å². The second kappa shape index (κ2) is 15.6. The van der Waals surface area contributed by atoms with Gasteiger partial charge in [-0.05, 0) is 50.2 Å². The molecule has 2 heterocycles. The molecule has 10 nitrogen and oxygen atoms in total. The number of imidazole rings is 1. The van der Waals surface area contributed by atoms with Crippen molar-refractivity contribution in [3.63, 3.8) is 0 Å². The highest BCUT2D eigenvalue weighted by Gasteiger charge is 2.60. The van der Waals surface area contributed by atoms with E-state index in [1.54, 1.807) is 4.57 Å². The number of aromatic nitrogens is 2. The summed E-state index contributed by atoms with van der Waals surface area (Å²) >= 11 is 0. The fraction of sp³-hybridized carbons (Fsp3) is 0.205. The lowest BCUT2D eigenvalue weighted by molar-refractivity contribution is 0.0544. The molecule has 6 aromatic rings. The Labute approximate surface area is 314 Å². The first-order valence-electron chi connectivity index (χ1n) is 17.9. The molecule has 0 spiro atoms. The molecule has 0 saturated heterocycles. The summed E-state index contributed by atoms with van der Waals surface area (Å²) < 4.78 is 11.8. The van der Waals surface area contributed by atoms with Crippen LogP contribution in [0.15, 0.2) is 160 Å². The minimum atomic E-state index is -1.34. The minimum Gasteiger partial charge on any atom is -0.464 e. The Morgan fingerprint density at radius 3 is 1.70 bits per heavy atom. The molecular formula is C44H40N6O4. The summed E-state index contributed by atoms with van der Waals surface area (Å²) in [7, 11) is 2.56. The van der Waals surface area contributed by atoms with Gasteiger partial charge in [-0.1, -0.05) is 153 Å². The Balaban J connectivity index is 1.38. The van der Waals surface area contributed by atoms with Crippen LogP contribution in [0.4, 0.5) is 0 Å². The average molecular weight is 717 g/mol. The number of esters is 2. The topological polar surface area (TPSA) is 120 Å². The van der Waals surface area contributed by atoms with E-state index < -0.39 is 23.0 Å². The number of methoxy groups -OCH3 is 2. The van der Waals surface area contributed by atoms with Gasteiger partial charge in [0.25, 0.3) is 0 Å². The van der Waals surface area contributed by atoms with Gasteiger partial charge in [0.05, 0.1) is 19.6 Å². The highest BCUT2D eigenvalue weighted by molar-refractivity contribution is 6.00. The van der Waals surface area contributed by atoms with Crippen LogP contribution in [-0.4, -0.2) is 35.7 Å². The fourth-order valence-corrected chi connectivity index (χ4v) is 7.57. The molecule has 0 fully saturated rings. The Bertz CT molecular complexity index is 2190. The minimum absolute atomic E-state index is 0.0510. The van der Waals surface area contributed by atoms with Crippen LogP contribution < -0.4 is 0 Å². The van der Waals surface area contributed by atoms with Crippen molar-refractivity contribution < 1.29 is 19.1 Å². The van der Waals surface area contributed by atoms with Gasteiger partial charge in [0.1, 0.15) is 5.82 Å². The number of hydrogen-bond acceptors (Lipinski definition) is 9. The van der Waals surface area contributed by atoms with E-state index in [9.17, 15) is 9.59 Å². The number of rotatable bonds is 13. The van der Waals surface area contributed by atoms with Gasteiger partial charge in [-0.3, -0.25) is 0 Å². The molecule has 0 N–H and O–H groups in total.